The summed E-state index contributed by atoms with van der Waals surface area (Å²) in [5, 5.41) is 18.8. The van der Waals surface area contributed by atoms with Crippen molar-refractivity contribution < 1.29 is 15.0 Å². The zero-order chi connectivity index (χ0) is 10.9. The van der Waals surface area contributed by atoms with Crippen molar-refractivity contribution >= 4 is 17.4 Å². The maximum atomic E-state index is 11.5. The molecule has 2 N–H and O–H groups in total. The summed E-state index contributed by atoms with van der Waals surface area (Å²) in [6, 6.07) is 2.78. The molecule has 0 bridgehead atoms. The second-order valence-electron chi connectivity index (χ2n) is 3.31. The lowest BCUT2D eigenvalue weighted by molar-refractivity contribution is 0.0936. The van der Waals surface area contributed by atoms with Gasteiger partial charge in [0.05, 0.1) is 10.6 Å². The Morgan fingerprint density at radius 1 is 1.29 bits per heavy atom. The maximum absolute atomic E-state index is 11.5. The van der Waals surface area contributed by atoms with Crippen LogP contribution in [0.2, 0.25) is 5.02 Å². The SMILES string of the molecule is CC(C)C(=O)c1ccc(Cl)c(O)c1O. The Morgan fingerprint density at radius 2 is 1.86 bits per heavy atom. The number of Topliss-reactive ketones (excluding diaryl/α,β-unsaturated/α-hetero) is 1. The molecule has 0 aromatic heterocycles. The van der Waals surface area contributed by atoms with Gasteiger partial charge in [-0.05, 0) is 12.1 Å². The van der Waals surface area contributed by atoms with Gasteiger partial charge in [-0.3, -0.25) is 4.79 Å². The summed E-state index contributed by atoms with van der Waals surface area (Å²) in [6.07, 6.45) is 0. The van der Waals surface area contributed by atoms with Crippen LogP contribution in [0.1, 0.15) is 24.2 Å². The maximum Gasteiger partial charge on any atom is 0.177 e. The molecule has 1 rings (SSSR count). The van der Waals surface area contributed by atoms with Gasteiger partial charge < -0.3 is 10.2 Å². The zero-order valence-corrected chi connectivity index (χ0v) is 8.67. The largest absolute Gasteiger partial charge is 0.504 e. The van der Waals surface area contributed by atoms with Crippen molar-refractivity contribution in [2.24, 2.45) is 5.92 Å². The molecule has 0 unspecified atom stereocenters. The highest BCUT2D eigenvalue weighted by Crippen LogP contribution is 2.36. The molecule has 0 spiro atoms. The third-order valence-corrected chi connectivity index (χ3v) is 2.20. The minimum absolute atomic E-state index is 0.0304. The molecule has 0 amide bonds. The van der Waals surface area contributed by atoms with E-state index in [9.17, 15) is 15.0 Å². The van der Waals surface area contributed by atoms with Crippen molar-refractivity contribution in [1.29, 1.82) is 0 Å². The van der Waals surface area contributed by atoms with Crippen LogP contribution in [-0.4, -0.2) is 16.0 Å². The fourth-order valence-electron chi connectivity index (χ4n) is 1.06. The number of hydrogen-bond donors (Lipinski definition) is 2. The molecule has 0 atom stereocenters. The van der Waals surface area contributed by atoms with Gasteiger partial charge in [0.2, 0.25) is 0 Å². The van der Waals surface area contributed by atoms with Crippen LogP contribution in [0.25, 0.3) is 0 Å². The molecule has 1 aromatic carbocycles. The molecule has 0 heterocycles. The van der Waals surface area contributed by atoms with Gasteiger partial charge in [0.1, 0.15) is 0 Å². The number of aromatic hydroxyl groups is 2. The van der Waals surface area contributed by atoms with Gasteiger partial charge in [0, 0.05) is 5.92 Å². The number of phenolic OH excluding ortho intramolecular Hbond substituents is 2. The highest BCUT2D eigenvalue weighted by Gasteiger charge is 2.18. The van der Waals surface area contributed by atoms with Crippen LogP contribution in [-0.2, 0) is 0 Å². The summed E-state index contributed by atoms with van der Waals surface area (Å²) in [6.45, 7) is 3.43. The van der Waals surface area contributed by atoms with Gasteiger partial charge in [-0.2, -0.15) is 0 Å². The van der Waals surface area contributed by atoms with E-state index in [1.54, 1.807) is 13.8 Å². The van der Waals surface area contributed by atoms with Crippen molar-refractivity contribution in [3.05, 3.63) is 22.7 Å². The van der Waals surface area contributed by atoms with E-state index < -0.39 is 11.5 Å². The quantitative estimate of drug-likeness (QED) is 0.588. The first-order chi connectivity index (χ1) is 6.45. The number of rotatable bonds is 2. The van der Waals surface area contributed by atoms with Crippen LogP contribution in [0.15, 0.2) is 12.1 Å². The average Bonchev–Trinajstić information content (AvgIpc) is 2.13. The van der Waals surface area contributed by atoms with E-state index in [1.807, 2.05) is 0 Å². The van der Waals surface area contributed by atoms with E-state index in [1.165, 1.54) is 12.1 Å². The summed E-state index contributed by atoms with van der Waals surface area (Å²) in [5.41, 5.74) is 0.0990. The van der Waals surface area contributed by atoms with Crippen molar-refractivity contribution in [3.8, 4) is 11.5 Å². The molecule has 0 saturated carbocycles. The second kappa shape index (κ2) is 3.88. The lowest BCUT2D eigenvalue weighted by Crippen LogP contribution is -2.07. The number of benzene rings is 1. The molecular weight excluding hydrogens is 204 g/mol. The molecule has 4 heteroatoms. The predicted molar refractivity (Wildman–Crippen MR) is 54.0 cm³/mol. The number of phenols is 2. The summed E-state index contributed by atoms with van der Waals surface area (Å²) in [5.74, 6) is -1.36. The standard InChI is InChI=1S/C10H11ClO3/c1-5(2)8(12)6-3-4-7(11)10(14)9(6)13/h3-5,13-14H,1-2H3. The molecular formula is C10H11ClO3. The molecule has 0 fully saturated rings. The number of carbonyl (C=O) groups excluding carboxylic acids is 1. The molecule has 0 radical (unpaired) electrons. The Kier molecular flexibility index (Phi) is 3.01. The van der Waals surface area contributed by atoms with Crippen molar-refractivity contribution in [2.45, 2.75) is 13.8 Å². The molecule has 3 nitrogen and oxygen atoms in total. The minimum atomic E-state index is -0.448. The Morgan fingerprint density at radius 3 is 2.36 bits per heavy atom. The topological polar surface area (TPSA) is 57.5 Å². The van der Waals surface area contributed by atoms with Crippen LogP contribution in [0.3, 0.4) is 0 Å². The average molecular weight is 215 g/mol. The monoisotopic (exact) mass is 214 g/mol. The molecule has 76 valence electrons. The van der Waals surface area contributed by atoms with E-state index >= 15 is 0 Å². The van der Waals surface area contributed by atoms with Crippen LogP contribution in [0.5, 0.6) is 11.5 Å². The van der Waals surface area contributed by atoms with E-state index in [-0.39, 0.29) is 22.3 Å². The zero-order valence-electron chi connectivity index (χ0n) is 7.91. The summed E-state index contributed by atoms with van der Waals surface area (Å²) >= 11 is 5.55. The van der Waals surface area contributed by atoms with E-state index in [0.717, 1.165) is 0 Å². The van der Waals surface area contributed by atoms with E-state index in [4.69, 9.17) is 11.6 Å². The lowest BCUT2D eigenvalue weighted by Gasteiger charge is -2.08. The van der Waals surface area contributed by atoms with Gasteiger partial charge in [-0.15, -0.1) is 0 Å². The van der Waals surface area contributed by atoms with Gasteiger partial charge in [-0.1, -0.05) is 25.4 Å². The fraction of sp³-hybridized carbons (Fsp3) is 0.300. The third-order valence-electron chi connectivity index (χ3n) is 1.89. The predicted octanol–water partition coefficient (Wildman–Crippen LogP) is 2.59. The molecule has 0 aliphatic rings. The Bertz CT molecular complexity index is 372. The fourth-order valence-corrected chi connectivity index (χ4v) is 1.22. The summed E-state index contributed by atoms with van der Waals surface area (Å²) < 4.78 is 0. The van der Waals surface area contributed by atoms with Crippen LogP contribution in [0.4, 0.5) is 0 Å². The van der Waals surface area contributed by atoms with Gasteiger partial charge in [-0.25, -0.2) is 0 Å². The number of halogens is 1. The van der Waals surface area contributed by atoms with Crippen LogP contribution in [0, 0.1) is 5.92 Å². The van der Waals surface area contributed by atoms with E-state index in [0.29, 0.717) is 0 Å². The Hall–Kier alpha value is -1.22. The lowest BCUT2D eigenvalue weighted by atomic mass is 10.00. The highest BCUT2D eigenvalue weighted by molar-refractivity contribution is 6.32. The van der Waals surface area contributed by atoms with Gasteiger partial charge in [0.15, 0.2) is 17.3 Å². The second-order valence-corrected chi connectivity index (χ2v) is 3.72. The van der Waals surface area contributed by atoms with Crippen molar-refractivity contribution in [3.63, 3.8) is 0 Å². The first kappa shape index (κ1) is 10.9. The number of ketones is 1. The molecule has 0 aliphatic carbocycles. The normalized spacial score (nSPS) is 10.6. The molecule has 0 saturated heterocycles. The Balaban J connectivity index is 3.24. The molecule has 1 aromatic rings. The number of hydrogen-bond acceptors (Lipinski definition) is 3. The van der Waals surface area contributed by atoms with Crippen molar-refractivity contribution in [1.82, 2.24) is 0 Å². The first-order valence-corrected chi connectivity index (χ1v) is 4.57. The summed E-state index contributed by atoms with van der Waals surface area (Å²) in [4.78, 5) is 11.5. The van der Waals surface area contributed by atoms with Crippen LogP contribution >= 0.6 is 11.6 Å². The highest BCUT2D eigenvalue weighted by atomic mass is 35.5. The Labute approximate surface area is 86.9 Å². The molecule has 0 aliphatic heterocycles. The smallest absolute Gasteiger partial charge is 0.177 e. The van der Waals surface area contributed by atoms with Crippen LogP contribution < -0.4 is 0 Å². The number of carbonyl (C=O) groups is 1. The molecule has 14 heavy (non-hydrogen) atoms. The van der Waals surface area contributed by atoms with E-state index in [2.05, 4.69) is 0 Å². The van der Waals surface area contributed by atoms with Gasteiger partial charge >= 0.3 is 0 Å². The minimum Gasteiger partial charge on any atom is -0.504 e. The first-order valence-electron chi connectivity index (χ1n) is 4.19. The summed E-state index contributed by atoms with van der Waals surface area (Å²) in [7, 11) is 0. The third kappa shape index (κ3) is 1.82. The van der Waals surface area contributed by atoms with Crippen molar-refractivity contribution in [2.75, 3.05) is 0 Å². The van der Waals surface area contributed by atoms with Gasteiger partial charge in [0.25, 0.3) is 0 Å².